The number of aliphatic hydroxyl groups excluding tert-OH is 1. The molecule has 1 rings (SSSR count). The molecule has 0 aromatic carbocycles. The fourth-order valence-electron chi connectivity index (χ4n) is 0.332. The predicted molar refractivity (Wildman–Crippen MR) is 26.3 cm³/mol. The average Bonchev–Trinajstić information content (AvgIpc) is 1.64. The highest BCUT2D eigenvalue weighted by Crippen LogP contribution is 1.85. The highest BCUT2D eigenvalue weighted by Gasteiger charge is 2.02. The second kappa shape index (κ2) is 1.65. The van der Waals surface area contributed by atoms with Gasteiger partial charge in [0.2, 0.25) is 0 Å². The molecule has 4 nitrogen and oxygen atoms in total. The van der Waals surface area contributed by atoms with Crippen LogP contribution in [0, 0.1) is 0 Å². The minimum atomic E-state index is -0.475. The molecule has 0 aromatic rings. The second-order valence-corrected chi connectivity index (χ2v) is 1.19. The molecule has 0 saturated carbocycles. The van der Waals surface area contributed by atoms with Gasteiger partial charge in [-0.2, -0.15) is 4.99 Å². The van der Waals surface area contributed by atoms with Crippen LogP contribution in [0.4, 0.5) is 0 Å². The number of carbonyl (C=O) groups is 1. The lowest BCUT2D eigenvalue weighted by Crippen LogP contribution is -2.14. The van der Waals surface area contributed by atoms with Crippen molar-refractivity contribution in [3.63, 3.8) is 0 Å². The number of aliphatic imine (C=N–C) groups is 1. The Kier molecular flexibility index (Phi) is 0.997. The highest BCUT2D eigenvalue weighted by molar-refractivity contribution is 5.98. The maximum absolute atomic E-state index is 10.2. The zero-order valence-corrected chi connectivity index (χ0v) is 3.90. The standard InChI is InChI=1S/C4H3N2O2/c7-3-1-2-5-4(8)6-3/h1-2H,(H,6,7,8). The Morgan fingerprint density at radius 3 is 2.75 bits per heavy atom. The van der Waals surface area contributed by atoms with Crippen LogP contribution in [-0.4, -0.2) is 17.0 Å². The van der Waals surface area contributed by atoms with Gasteiger partial charge < -0.3 is 5.11 Å². The van der Waals surface area contributed by atoms with Gasteiger partial charge in [0, 0.05) is 12.3 Å². The van der Waals surface area contributed by atoms with Crippen molar-refractivity contribution in [1.29, 1.82) is 0 Å². The van der Waals surface area contributed by atoms with Gasteiger partial charge in [0.15, 0.2) is 0 Å². The fraction of sp³-hybridized carbons (Fsp3) is 0. The molecule has 0 unspecified atom stereocenters. The molecule has 0 aliphatic carbocycles. The van der Waals surface area contributed by atoms with Gasteiger partial charge in [0.25, 0.3) is 5.91 Å². The van der Waals surface area contributed by atoms with E-state index in [4.69, 9.17) is 5.11 Å². The number of rotatable bonds is 0. The van der Waals surface area contributed by atoms with Crippen molar-refractivity contribution >= 4 is 11.9 Å². The molecule has 1 aliphatic rings. The minimum Gasteiger partial charge on any atom is -0.479 e. The summed E-state index contributed by atoms with van der Waals surface area (Å²) in [5.74, 6) is -0.475. The van der Waals surface area contributed by atoms with Crippen molar-refractivity contribution in [3.8, 4) is 0 Å². The van der Waals surface area contributed by atoms with E-state index in [1.165, 1.54) is 12.3 Å². The maximum Gasteiger partial charge on any atom is 0.317 e. The average molecular weight is 111 g/mol. The molecule has 1 aliphatic heterocycles. The first-order chi connectivity index (χ1) is 3.79. The molecular weight excluding hydrogens is 108 g/mol. The Hall–Kier alpha value is -1.32. The molecule has 0 atom stereocenters. The molecule has 0 spiro atoms. The summed E-state index contributed by atoms with van der Waals surface area (Å²) in [5, 5.41) is 11.7. The summed E-state index contributed by atoms with van der Waals surface area (Å²) in [5.41, 5.74) is 0. The summed E-state index contributed by atoms with van der Waals surface area (Å²) in [7, 11) is 0. The normalized spacial score (nSPS) is 17.5. The van der Waals surface area contributed by atoms with Crippen molar-refractivity contribution in [3.05, 3.63) is 12.3 Å². The van der Waals surface area contributed by atoms with Crippen molar-refractivity contribution < 1.29 is 9.90 Å². The predicted octanol–water partition coefficient (Wildman–Crippen LogP) is -0.441. The molecule has 1 radical (unpaired) electrons. The lowest BCUT2D eigenvalue weighted by Gasteiger charge is -1.94. The van der Waals surface area contributed by atoms with E-state index in [2.05, 4.69) is 10.3 Å². The van der Waals surface area contributed by atoms with Gasteiger partial charge in [-0.15, -0.1) is 0 Å². The van der Waals surface area contributed by atoms with E-state index >= 15 is 0 Å². The van der Waals surface area contributed by atoms with E-state index in [1.807, 2.05) is 0 Å². The van der Waals surface area contributed by atoms with Crippen molar-refractivity contribution in [2.75, 3.05) is 0 Å². The Balaban J connectivity index is 2.74. The number of nitrogens with zero attached hydrogens (tertiary/aromatic N) is 2. The van der Waals surface area contributed by atoms with Crippen LogP contribution in [0.1, 0.15) is 0 Å². The molecule has 4 heteroatoms. The third kappa shape index (κ3) is 0.841. The smallest absolute Gasteiger partial charge is 0.317 e. The van der Waals surface area contributed by atoms with E-state index in [-0.39, 0.29) is 0 Å². The number of amidine groups is 1. The van der Waals surface area contributed by atoms with E-state index in [0.717, 1.165) is 0 Å². The van der Waals surface area contributed by atoms with Gasteiger partial charge in [0.1, 0.15) is 0 Å². The quantitative estimate of drug-likeness (QED) is 0.460. The molecule has 8 heavy (non-hydrogen) atoms. The Bertz CT molecular complexity index is 171. The van der Waals surface area contributed by atoms with E-state index in [0.29, 0.717) is 0 Å². The first-order valence-corrected chi connectivity index (χ1v) is 1.98. The first-order valence-electron chi connectivity index (χ1n) is 1.98. The minimum absolute atomic E-state index is 0.475. The molecule has 0 bridgehead atoms. The molecule has 0 fully saturated rings. The van der Waals surface area contributed by atoms with Crippen LogP contribution in [0.25, 0.3) is 0 Å². The van der Waals surface area contributed by atoms with Crippen molar-refractivity contribution in [2.24, 2.45) is 4.99 Å². The lowest BCUT2D eigenvalue weighted by atomic mass is 10.5. The van der Waals surface area contributed by atoms with Crippen molar-refractivity contribution in [1.82, 2.24) is 5.32 Å². The molecule has 1 heterocycles. The summed E-state index contributed by atoms with van der Waals surface area (Å²) in [6.07, 6.45) is 2.37. The molecule has 1 N–H and O–H groups in total. The van der Waals surface area contributed by atoms with Gasteiger partial charge in [-0.3, -0.25) is 4.79 Å². The van der Waals surface area contributed by atoms with Crippen molar-refractivity contribution in [2.45, 2.75) is 0 Å². The van der Waals surface area contributed by atoms with Gasteiger partial charge in [-0.25, -0.2) is 5.32 Å². The second-order valence-electron chi connectivity index (χ2n) is 1.19. The van der Waals surface area contributed by atoms with Crippen LogP contribution in [0.2, 0.25) is 0 Å². The molecular formula is C4H3N2O2. The van der Waals surface area contributed by atoms with Gasteiger partial charge in [-0.1, -0.05) is 0 Å². The van der Waals surface area contributed by atoms with Crippen LogP contribution in [0.3, 0.4) is 0 Å². The van der Waals surface area contributed by atoms with Crippen LogP contribution in [-0.2, 0) is 4.79 Å². The SMILES string of the molecule is O=C1C=C[N]C(O)=N1. The largest absolute Gasteiger partial charge is 0.479 e. The summed E-state index contributed by atoms with van der Waals surface area (Å²) in [6, 6.07) is -0.475. The van der Waals surface area contributed by atoms with Crippen LogP contribution >= 0.6 is 0 Å². The Labute approximate surface area is 45.5 Å². The summed E-state index contributed by atoms with van der Waals surface area (Å²) in [6.45, 7) is 0. The molecule has 1 amide bonds. The van der Waals surface area contributed by atoms with Crippen LogP contribution in [0.5, 0.6) is 0 Å². The first kappa shape index (κ1) is 4.83. The van der Waals surface area contributed by atoms with E-state index in [9.17, 15) is 4.79 Å². The third-order valence-electron chi connectivity index (χ3n) is 0.617. The maximum atomic E-state index is 10.2. The summed E-state index contributed by atoms with van der Waals surface area (Å²) in [4.78, 5) is 13.2. The number of aliphatic hydroxyl groups is 1. The van der Waals surface area contributed by atoms with E-state index < -0.39 is 11.9 Å². The van der Waals surface area contributed by atoms with Gasteiger partial charge >= 0.3 is 6.02 Å². The number of carbonyl (C=O) groups excluding carboxylic acids is 1. The fourth-order valence-corrected chi connectivity index (χ4v) is 0.332. The molecule has 0 aromatic heterocycles. The van der Waals surface area contributed by atoms with Gasteiger partial charge in [0.05, 0.1) is 0 Å². The van der Waals surface area contributed by atoms with Crippen LogP contribution < -0.4 is 5.32 Å². The number of hydrogen-bond donors (Lipinski definition) is 1. The molecule has 41 valence electrons. The topological polar surface area (TPSA) is 63.8 Å². The summed E-state index contributed by atoms with van der Waals surface area (Å²) >= 11 is 0. The Morgan fingerprint density at radius 2 is 2.38 bits per heavy atom. The third-order valence-corrected chi connectivity index (χ3v) is 0.617. The lowest BCUT2D eigenvalue weighted by molar-refractivity contribution is -0.113. The van der Waals surface area contributed by atoms with E-state index in [1.54, 1.807) is 0 Å². The zero-order valence-electron chi connectivity index (χ0n) is 3.90. The highest BCUT2D eigenvalue weighted by atomic mass is 16.3. The van der Waals surface area contributed by atoms with Gasteiger partial charge in [-0.05, 0) is 0 Å². The summed E-state index contributed by atoms with van der Waals surface area (Å²) < 4.78 is 0. The number of amides is 1. The monoisotopic (exact) mass is 111 g/mol. The van der Waals surface area contributed by atoms with Crippen LogP contribution in [0.15, 0.2) is 17.3 Å². The number of hydrogen-bond acceptors (Lipinski definition) is 1. The zero-order chi connectivity index (χ0) is 5.98. The Morgan fingerprint density at radius 1 is 1.62 bits per heavy atom. The molecule has 0 saturated heterocycles.